The van der Waals surface area contributed by atoms with E-state index < -0.39 is 39.2 Å². The molecule has 4 aromatic rings. The third-order valence-corrected chi connectivity index (χ3v) is 9.99. The number of halogens is 3. The Morgan fingerprint density at radius 2 is 2.03 bits per heavy atom. The molecule has 0 saturated heterocycles. The van der Waals surface area contributed by atoms with Crippen molar-refractivity contribution in [2.45, 2.75) is 23.1 Å². The summed E-state index contributed by atoms with van der Waals surface area (Å²) in [6, 6.07) is 8.72. The van der Waals surface area contributed by atoms with Gasteiger partial charge in [-0.25, -0.2) is 17.8 Å². The van der Waals surface area contributed by atoms with Crippen molar-refractivity contribution in [3.63, 3.8) is 0 Å². The summed E-state index contributed by atoms with van der Waals surface area (Å²) in [4.78, 5) is 28.7. The molecule has 3 heterocycles. The molecule has 1 amide bonds. The molecule has 0 saturated carbocycles. The first-order chi connectivity index (χ1) is 18.0. The zero-order valence-corrected chi connectivity index (χ0v) is 23.2. The predicted octanol–water partition coefficient (Wildman–Crippen LogP) is 6.08. The molecule has 1 atom stereocenters. The van der Waals surface area contributed by atoms with Gasteiger partial charge in [-0.1, -0.05) is 52.7 Å². The van der Waals surface area contributed by atoms with Gasteiger partial charge in [-0.2, -0.15) is 0 Å². The third-order valence-electron chi connectivity index (χ3n) is 5.33. The Bertz CT molecular complexity index is 1630. The number of thiophene rings is 1. The molecule has 1 unspecified atom stereocenters. The summed E-state index contributed by atoms with van der Waals surface area (Å²) < 4.78 is 42.6. The van der Waals surface area contributed by atoms with Crippen LogP contribution in [0.15, 0.2) is 65.5 Å². The number of benzene rings is 1. The van der Waals surface area contributed by atoms with Gasteiger partial charge >= 0.3 is 5.97 Å². The van der Waals surface area contributed by atoms with Crippen LogP contribution in [0.1, 0.15) is 31.9 Å². The van der Waals surface area contributed by atoms with E-state index in [-0.39, 0.29) is 37.3 Å². The lowest BCUT2D eigenvalue weighted by Gasteiger charge is -2.11. The monoisotopic (exact) mass is 613 g/mol. The number of amides is 1. The summed E-state index contributed by atoms with van der Waals surface area (Å²) in [5.74, 6) is -2.53. The summed E-state index contributed by atoms with van der Waals surface area (Å²) in [6.07, 6.45) is 2.18. The highest BCUT2D eigenvalue weighted by atomic mass is 35.5. The average Bonchev–Trinajstić information content (AvgIpc) is 3.58. The molecule has 2 N–H and O–H groups in total. The van der Waals surface area contributed by atoms with Gasteiger partial charge < -0.3 is 9.67 Å². The van der Waals surface area contributed by atoms with Crippen LogP contribution in [0.2, 0.25) is 9.36 Å². The summed E-state index contributed by atoms with van der Waals surface area (Å²) >= 11 is 14.0. The fraction of sp³-hybridized carbons (Fsp3) is 0.125. The van der Waals surface area contributed by atoms with Crippen LogP contribution in [0.4, 0.5) is 9.52 Å². The van der Waals surface area contributed by atoms with Crippen LogP contribution in [0.25, 0.3) is 0 Å². The lowest BCUT2D eigenvalue weighted by Crippen LogP contribution is -2.17. The molecule has 0 spiro atoms. The largest absolute Gasteiger partial charge is 0.481 e. The number of nitrogens with one attached hydrogen (secondary N) is 1. The minimum atomic E-state index is -4.01. The van der Waals surface area contributed by atoms with Crippen molar-refractivity contribution in [1.29, 1.82) is 0 Å². The van der Waals surface area contributed by atoms with Crippen molar-refractivity contribution in [3.8, 4) is 0 Å². The highest BCUT2D eigenvalue weighted by Crippen LogP contribution is 2.34. The first-order valence-electron chi connectivity index (χ1n) is 10.7. The fourth-order valence-electron chi connectivity index (χ4n) is 3.59. The Labute approximate surface area is 234 Å². The maximum absolute atomic E-state index is 14.1. The van der Waals surface area contributed by atoms with E-state index >= 15 is 0 Å². The zero-order chi connectivity index (χ0) is 27.6. The smallest absolute Gasteiger partial charge is 0.309 e. The van der Waals surface area contributed by atoms with Crippen LogP contribution < -0.4 is 5.32 Å². The maximum atomic E-state index is 14.1. The number of carboxylic acids is 1. The molecular formula is C24H18Cl2FN3O5S3. The Balaban J connectivity index is 1.73. The first kappa shape index (κ1) is 28.0. The van der Waals surface area contributed by atoms with E-state index in [1.807, 2.05) is 0 Å². The Morgan fingerprint density at radius 3 is 2.66 bits per heavy atom. The van der Waals surface area contributed by atoms with Crippen LogP contribution in [-0.2, 0) is 27.6 Å². The number of carboxylic acid groups (broad SMARTS) is 1. The molecule has 198 valence electrons. The van der Waals surface area contributed by atoms with E-state index in [0.717, 1.165) is 11.3 Å². The normalized spacial score (nSPS) is 12.3. The van der Waals surface area contributed by atoms with Gasteiger partial charge in [0, 0.05) is 17.6 Å². The van der Waals surface area contributed by atoms with Crippen molar-refractivity contribution in [2.24, 2.45) is 0 Å². The SMILES string of the molecule is C=CC(c1cccs1)S(=O)(=O)c1cc(C(=O)Nc2nc(CC(=O)O)c(Cl)s2)n(Cc2ccc(Cl)c(F)c2)c1. The first-order valence-corrected chi connectivity index (χ1v) is 14.7. The Kier molecular flexibility index (Phi) is 8.38. The molecule has 4 rings (SSSR count). The lowest BCUT2D eigenvalue weighted by atomic mass is 10.2. The molecule has 3 aromatic heterocycles. The van der Waals surface area contributed by atoms with Gasteiger partial charge in [0.15, 0.2) is 15.0 Å². The maximum Gasteiger partial charge on any atom is 0.309 e. The zero-order valence-electron chi connectivity index (χ0n) is 19.2. The van der Waals surface area contributed by atoms with Crippen LogP contribution in [0, 0.1) is 5.82 Å². The van der Waals surface area contributed by atoms with E-state index in [4.69, 9.17) is 28.3 Å². The number of aromatic nitrogens is 2. The number of aliphatic carboxylic acids is 1. The van der Waals surface area contributed by atoms with E-state index in [1.165, 1.54) is 46.4 Å². The topological polar surface area (TPSA) is 118 Å². The summed E-state index contributed by atoms with van der Waals surface area (Å²) in [6.45, 7) is 3.62. The molecule has 0 fully saturated rings. The van der Waals surface area contributed by atoms with Crippen molar-refractivity contribution >= 4 is 72.7 Å². The molecule has 0 radical (unpaired) electrons. The molecule has 0 aliphatic heterocycles. The second kappa shape index (κ2) is 11.4. The van der Waals surface area contributed by atoms with E-state index in [0.29, 0.717) is 10.4 Å². The Morgan fingerprint density at radius 1 is 1.26 bits per heavy atom. The number of thiazole rings is 1. The molecule has 8 nitrogen and oxygen atoms in total. The number of carbonyl (C=O) groups is 2. The second-order valence-corrected chi connectivity index (χ2v) is 13.0. The number of nitrogens with zero attached hydrogens (tertiary/aromatic N) is 2. The minimum Gasteiger partial charge on any atom is -0.481 e. The van der Waals surface area contributed by atoms with E-state index in [1.54, 1.807) is 23.6 Å². The van der Waals surface area contributed by atoms with Gasteiger partial charge in [0.1, 0.15) is 21.1 Å². The molecular weight excluding hydrogens is 596 g/mol. The number of anilines is 1. The Hall–Kier alpha value is -3.03. The van der Waals surface area contributed by atoms with Crippen LogP contribution >= 0.6 is 45.9 Å². The second-order valence-electron chi connectivity index (χ2n) is 7.92. The van der Waals surface area contributed by atoms with Crippen molar-refractivity contribution in [3.05, 3.63) is 97.6 Å². The predicted molar refractivity (Wildman–Crippen MR) is 146 cm³/mol. The van der Waals surface area contributed by atoms with Gasteiger partial charge in [-0.05, 0) is 35.2 Å². The van der Waals surface area contributed by atoms with Crippen molar-refractivity contribution in [2.75, 3.05) is 5.32 Å². The average molecular weight is 615 g/mol. The summed E-state index contributed by atoms with van der Waals surface area (Å²) in [5.41, 5.74) is 0.457. The lowest BCUT2D eigenvalue weighted by molar-refractivity contribution is -0.136. The van der Waals surface area contributed by atoms with Gasteiger partial charge in [-0.3, -0.25) is 14.9 Å². The molecule has 1 aromatic carbocycles. The highest BCUT2D eigenvalue weighted by molar-refractivity contribution is 7.92. The number of hydrogen-bond donors (Lipinski definition) is 2. The number of rotatable bonds is 10. The minimum absolute atomic E-state index is 0.0356. The molecule has 0 aliphatic carbocycles. The molecule has 0 aliphatic rings. The van der Waals surface area contributed by atoms with Crippen LogP contribution in [0.5, 0.6) is 0 Å². The summed E-state index contributed by atoms with van der Waals surface area (Å²) in [5, 5.41) is 12.2. The fourth-order valence-corrected chi connectivity index (χ4v) is 7.47. The quantitative estimate of drug-likeness (QED) is 0.209. The van der Waals surface area contributed by atoms with Crippen molar-refractivity contribution in [1.82, 2.24) is 9.55 Å². The standard InChI is InChI=1S/C24H18Cl2FN3O5S3/c1-2-20(19-4-3-7-36-19)38(34,35)14-9-18(30(12-14)11-13-5-6-15(25)16(27)8-13)23(33)29-24-28-17(10-21(31)32)22(26)37-24/h2-9,12,20H,1,10-11H2,(H,31,32)(H,28,29,33). The number of hydrogen-bond acceptors (Lipinski definition) is 7. The molecule has 0 bridgehead atoms. The third kappa shape index (κ3) is 6.00. The highest BCUT2D eigenvalue weighted by Gasteiger charge is 2.30. The summed E-state index contributed by atoms with van der Waals surface area (Å²) in [7, 11) is -4.01. The van der Waals surface area contributed by atoms with E-state index in [2.05, 4.69) is 16.9 Å². The molecule has 38 heavy (non-hydrogen) atoms. The van der Waals surface area contributed by atoms with Gasteiger partial charge in [0.25, 0.3) is 5.91 Å². The van der Waals surface area contributed by atoms with Crippen LogP contribution in [-0.4, -0.2) is 35.0 Å². The van der Waals surface area contributed by atoms with Gasteiger partial charge in [-0.15, -0.1) is 17.9 Å². The van der Waals surface area contributed by atoms with E-state index in [9.17, 15) is 22.4 Å². The van der Waals surface area contributed by atoms with Gasteiger partial charge in [0.2, 0.25) is 0 Å². The van der Waals surface area contributed by atoms with Crippen molar-refractivity contribution < 1.29 is 27.5 Å². The molecule has 14 heteroatoms. The van der Waals surface area contributed by atoms with Crippen LogP contribution in [0.3, 0.4) is 0 Å². The van der Waals surface area contributed by atoms with Gasteiger partial charge in [0.05, 0.1) is 22.0 Å². The number of sulfone groups is 1. The number of carbonyl (C=O) groups excluding carboxylic acids is 1.